The summed E-state index contributed by atoms with van der Waals surface area (Å²) in [4.78, 5) is 22.9. The van der Waals surface area contributed by atoms with Gasteiger partial charge in [0.05, 0.1) is 23.4 Å². The predicted molar refractivity (Wildman–Crippen MR) is 146 cm³/mol. The van der Waals surface area contributed by atoms with Gasteiger partial charge in [0.2, 0.25) is 0 Å². The molecule has 0 bridgehead atoms. The van der Waals surface area contributed by atoms with Crippen LogP contribution in [0.2, 0.25) is 0 Å². The number of carbonyl (C=O) groups excluding carboxylic acids is 1. The normalized spacial score (nSPS) is 14.2. The summed E-state index contributed by atoms with van der Waals surface area (Å²) in [6.45, 7) is 9.15. The summed E-state index contributed by atoms with van der Waals surface area (Å²) in [6.07, 6.45) is 0.870. The second-order valence-electron chi connectivity index (χ2n) is 9.13. The number of aryl methyl sites for hydroxylation is 2. The van der Waals surface area contributed by atoms with Gasteiger partial charge in [-0.2, -0.15) is 0 Å². The van der Waals surface area contributed by atoms with Gasteiger partial charge in [0.15, 0.2) is 5.13 Å². The molecule has 5 rings (SSSR count). The highest BCUT2D eigenvalue weighted by molar-refractivity contribution is 7.22. The maximum atomic E-state index is 13.7. The molecule has 6 nitrogen and oxygen atoms in total. The summed E-state index contributed by atoms with van der Waals surface area (Å²) in [5.41, 5.74) is 3.94. The molecule has 0 atom stereocenters. The van der Waals surface area contributed by atoms with Crippen molar-refractivity contribution in [3.05, 3.63) is 83.4 Å². The zero-order valence-electron chi connectivity index (χ0n) is 20.8. The number of amides is 1. The second kappa shape index (κ2) is 11.2. The number of morpholine rings is 1. The topological polar surface area (TPSA) is 54.9 Å². The number of hydrogen-bond acceptors (Lipinski definition) is 6. The Kier molecular flexibility index (Phi) is 7.60. The molecule has 1 aliphatic heterocycles. The quantitative estimate of drug-likeness (QED) is 0.293. The number of hydrogen-bond donors (Lipinski definition) is 0. The van der Waals surface area contributed by atoms with Gasteiger partial charge >= 0.3 is 0 Å². The van der Waals surface area contributed by atoms with Crippen LogP contribution in [0.1, 0.15) is 27.9 Å². The minimum Gasteiger partial charge on any atom is -0.457 e. The first-order chi connectivity index (χ1) is 17.6. The summed E-state index contributed by atoms with van der Waals surface area (Å²) < 4.78 is 12.5. The highest BCUT2D eigenvalue weighted by atomic mass is 32.1. The first-order valence-corrected chi connectivity index (χ1v) is 13.2. The van der Waals surface area contributed by atoms with Crippen molar-refractivity contribution >= 4 is 32.6 Å². The Morgan fingerprint density at radius 1 is 1.03 bits per heavy atom. The van der Waals surface area contributed by atoms with E-state index < -0.39 is 0 Å². The predicted octanol–water partition coefficient (Wildman–Crippen LogP) is 6.07. The number of rotatable bonds is 8. The van der Waals surface area contributed by atoms with Crippen LogP contribution in [0, 0.1) is 13.8 Å². The van der Waals surface area contributed by atoms with Gasteiger partial charge in [-0.1, -0.05) is 35.6 Å². The van der Waals surface area contributed by atoms with Crippen LogP contribution >= 0.6 is 11.3 Å². The number of para-hydroxylation sites is 1. The lowest BCUT2D eigenvalue weighted by atomic mass is 10.1. The molecule has 0 unspecified atom stereocenters. The molecule has 1 fully saturated rings. The smallest absolute Gasteiger partial charge is 0.260 e. The van der Waals surface area contributed by atoms with Crippen LogP contribution in [0.5, 0.6) is 11.5 Å². The van der Waals surface area contributed by atoms with Crippen LogP contribution in [0.3, 0.4) is 0 Å². The van der Waals surface area contributed by atoms with E-state index in [9.17, 15) is 4.79 Å². The van der Waals surface area contributed by atoms with E-state index in [-0.39, 0.29) is 5.91 Å². The maximum Gasteiger partial charge on any atom is 0.260 e. The van der Waals surface area contributed by atoms with Crippen LogP contribution in [0.4, 0.5) is 5.13 Å². The summed E-state index contributed by atoms with van der Waals surface area (Å²) >= 11 is 1.59. The van der Waals surface area contributed by atoms with Gasteiger partial charge in [0.1, 0.15) is 11.5 Å². The van der Waals surface area contributed by atoms with E-state index in [1.165, 1.54) is 11.1 Å². The Bertz CT molecular complexity index is 1320. The molecule has 7 heteroatoms. The fourth-order valence-corrected chi connectivity index (χ4v) is 5.53. The van der Waals surface area contributed by atoms with Gasteiger partial charge in [0.25, 0.3) is 5.91 Å². The van der Waals surface area contributed by atoms with Crippen molar-refractivity contribution in [1.29, 1.82) is 0 Å². The number of aromatic nitrogens is 1. The first-order valence-electron chi connectivity index (χ1n) is 12.4. The molecule has 36 heavy (non-hydrogen) atoms. The summed E-state index contributed by atoms with van der Waals surface area (Å²) in [5, 5.41) is 0.746. The summed E-state index contributed by atoms with van der Waals surface area (Å²) in [6, 6.07) is 21.2. The van der Waals surface area contributed by atoms with Gasteiger partial charge in [0, 0.05) is 31.7 Å². The molecule has 0 saturated carbocycles. The molecule has 0 spiro atoms. The summed E-state index contributed by atoms with van der Waals surface area (Å²) in [5.74, 6) is 1.42. The minimum absolute atomic E-state index is 0.0448. The van der Waals surface area contributed by atoms with Crippen molar-refractivity contribution in [2.24, 2.45) is 0 Å². The number of thiazole rings is 1. The molecule has 1 amide bonds. The lowest BCUT2D eigenvalue weighted by Gasteiger charge is -2.27. The van der Waals surface area contributed by atoms with Crippen molar-refractivity contribution < 1.29 is 14.3 Å². The van der Waals surface area contributed by atoms with Crippen molar-refractivity contribution in [2.45, 2.75) is 20.3 Å². The van der Waals surface area contributed by atoms with Crippen molar-refractivity contribution in [2.75, 3.05) is 44.3 Å². The van der Waals surface area contributed by atoms with Crippen molar-refractivity contribution in [3.63, 3.8) is 0 Å². The fraction of sp³-hybridized carbons (Fsp3) is 0.310. The van der Waals surface area contributed by atoms with Crippen molar-refractivity contribution in [1.82, 2.24) is 9.88 Å². The van der Waals surface area contributed by atoms with Crippen molar-refractivity contribution in [3.8, 4) is 11.5 Å². The zero-order chi connectivity index (χ0) is 24.9. The maximum absolute atomic E-state index is 13.7. The molecular formula is C29H31N3O3S. The molecule has 3 aromatic carbocycles. The average molecular weight is 502 g/mol. The molecule has 0 aliphatic carbocycles. The second-order valence-corrected chi connectivity index (χ2v) is 10.1. The number of fused-ring (bicyclic) bond motifs is 1. The van der Waals surface area contributed by atoms with Gasteiger partial charge in [-0.05, 0) is 73.9 Å². The van der Waals surface area contributed by atoms with Crippen LogP contribution in [0.15, 0.2) is 66.7 Å². The van der Waals surface area contributed by atoms with E-state index in [0.29, 0.717) is 17.9 Å². The number of benzene rings is 3. The Hall–Kier alpha value is -3.26. The highest BCUT2D eigenvalue weighted by Crippen LogP contribution is 2.33. The lowest BCUT2D eigenvalue weighted by molar-refractivity contribution is 0.0376. The monoisotopic (exact) mass is 501 g/mol. The van der Waals surface area contributed by atoms with Gasteiger partial charge in [-0.25, -0.2) is 4.98 Å². The molecular weight excluding hydrogens is 470 g/mol. The largest absolute Gasteiger partial charge is 0.457 e. The molecule has 2 heterocycles. The third-order valence-corrected chi connectivity index (χ3v) is 7.55. The molecule has 186 valence electrons. The minimum atomic E-state index is -0.0448. The number of ether oxygens (including phenoxy) is 2. The average Bonchev–Trinajstić information content (AvgIpc) is 3.32. The van der Waals surface area contributed by atoms with Crippen LogP contribution in [-0.4, -0.2) is 55.2 Å². The summed E-state index contributed by atoms with van der Waals surface area (Å²) in [7, 11) is 0. The SMILES string of the molecule is Cc1cc(C)c2sc(N(CCCN3CCOCC3)C(=O)c3ccc(Oc4ccccc4)cc3)nc2c1. The van der Waals surface area contributed by atoms with Gasteiger partial charge in [-0.15, -0.1) is 0 Å². The standard InChI is InChI=1S/C29H31N3O3S/c1-21-19-22(2)27-26(20-21)30-29(36-27)32(14-6-13-31-15-17-34-18-16-31)28(33)23-9-11-25(12-10-23)35-24-7-4-3-5-8-24/h3-5,7-12,19-20H,6,13-18H2,1-2H3. The third-order valence-electron chi connectivity index (χ3n) is 6.32. The molecule has 1 aromatic heterocycles. The van der Waals surface area contributed by atoms with E-state index in [2.05, 4.69) is 30.9 Å². The van der Waals surface area contributed by atoms with E-state index in [4.69, 9.17) is 14.5 Å². The van der Waals surface area contributed by atoms with Crippen LogP contribution in [-0.2, 0) is 4.74 Å². The van der Waals surface area contributed by atoms with Gasteiger partial charge < -0.3 is 9.47 Å². The number of carbonyl (C=O) groups is 1. The van der Waals surface area contributed by atoms with E-state index in [1.54, 1.807) is 11.3 Å². The molecule has 1 aliphatic rings. The number of anilines is 1. The van der Waals surface area contributed by atoms with E-state index in [1.807, 2.05) is 59.5 Å². The third kappa shape index (κ3) is 5.75. The van der Waals surface area contributed by atoms with Crippen LogP contribution < -0.4 is 9.64 Å². The van der Waals surface area contributed by atoms with E-state index in [0.717, 1.165) is 60.4 Å². The Labute approximate surface area is 216 Å². The lowest BCUT2D eigenvalue weighted by Crippen LogP contribution is -2.39. The fourth-order valence-electron chi connectivity index (χ4n) is 4.49. The first kappa shape index (κ1) is 24.4. The Morgan fingerprint density at radius 3 is 2.50 bits per heavy atom. The van der Waals surface area contributed by atoms with E-state index >= 15 is 0 Å². The molecule has 0 radical (unpaired) electrons. The zero-order valence-corrected chi connectivity index (χ0v) is 21.6. The molecule has 0 N–H and O–H groups in total. The molecule has 4 aromatic rings. The Balaban J connectivity index is 1.37. The molecule has 1 saturated heterocycles. The number of nitrogens with zero attached hydrogens (tertiary/aromatic N) is 3. The highest BCUT2D eigenvalue weighted by Gasteiger charge is 2.22. The Morgan fingerprint density at radius 2 is 1.75 bits per heavy atom. The van der Waals surface area contributed by atoms with Gasteiger partial charge in [-0.3, -0.25) is 14.6 Å². The van der Waals surface area contributed by atoms with Crippen LogP contribution in [0.25, 0.3) is 10.2 Å².